The van der Waals surface area contributed by atoms with Crippen molar-refractivity contribution in [2.75, 3.05) is 6.54 Å². The van der Waals surface area contributed by atoms with Gasteiger partial charge in [-0.1, -0.05) is 42.8 Å². The Kier molecular flexibility index (Phi) is 6.03. The van der Waals surface area contributed by atoms with Crippen molar-refractivity contribution in [2.24, 2.45) is 0 Å². The van der Waals surface area contributed by atoms with Gasteiger partial charge in [-0.3, -0.25) is 0 Å². The molecule has 0 aliphatic rings. The van der Waals surface area contributed by atoms with Crippen molar-refractivity contribution in [3.05, 3.63) is 64.4 Å². The number of nitrogens with one attached hydrogen (secondary N) is 1. The molecule has 0 saturated carbocycles. The minimum atomic E-state index is -0.466. The summed E-state index contributed by atoms with van der Waals surface area (Å²) in [5, 5.41) is 3.46. The van der Waals surface area contributed by atoms with Crippen LogP contribution in [0.3, 0.4) is 0 Å². The lowest BCUT2D eigenvalue weighted by atomic mass is 10.1. The maximum atomic E-state index is 13.3. The second-order valence-corrected chi connectivity index (χ2v) is 5.27. The highest BCUT2D eigenvalue weighted by atomic mass is 35.5. The van der Waals surface area contributed by atoms with Crippen LogP contribution >= 0.6 is 11.6 Å². The van der Waals surface area contributed by atoms with Crippen molar-refractivity contribution < 1.29 is 9.13 Å². The van der Waals surface area contributed by atoms with E-state index in [0.717, 1.165) is 25.1 Å². The molecule has 0 bridgehead atoms. The molecule has 0 atom stereocenters. The number of ether oxygens (including phenoxy) is 1. The van der Waals surface area contributed by atoms with Gasteiger partial charge in [-0.25, -0.2) is 4.39 Å². The van der Waals surface area contributed by atoms with Crippen LogP contribution in [-0.4, -0.2) is 6.54 Å². The molecule has 0 heterocycles. The van der Waals surface area contributed by atoms with Gasteiger partial charge in [0, 0.05) is 12.6 Å². The van der Waals surface area contributed by atoms with Gasteiger partial charge in [0.1, 0.15) is 18.2 Å². The lowest BCUT2D eigenvalue weighted by Gasteiger charge is -2.09. The van der Waals surface area contributed by atoms with Crippen LogP contribution in [0.25, 0.3) is 0 Å². The Balaban J connectivity index is 1.93. The Morgan fingerprint density at radius 3 is 2.71 bits per heavy atom. The molecule has 2 rings (SSSR count). The summed E-state index contributed by atoms with van der Waals surface area (Å²) in [7, 11) is 0. The summed E-state index contributed by atoms with van der Waals surface area (Å²) in [6.45, 7) is 4.40. The normalized spacial score (nSPS) is 10.6. The minimum Gasteiger partial charge on any atom is -0.489 e. The molecule has 0 amide bonds. The lowest BCUT2D eigenvalue weighted by Crippen LogP contribution is -2.13. The summed E-state index contributed by atoms with van der Waals surface area (Å²) in [6.07, 6.45) is 1.12. The van der Waals surface area contributed by atoms with Crippen LogP contribution in [0.1, 0.15) is 24.5 Å². The van der Waals surface area contributed by atoms with Gasteiger partial charge in [-0.05, 0) is 36.2 Å². The predicted molar refractivity (Wildman–Crippen MR) is 84.2 cm³/mol. The molecule has 2 aromatic carbocycles. The van der Waals surface area contributed by atoms with E-state index >= 15 is 0 Å². The SMILES string of the molecule is CCCNCc1cccc(COc2ccc(Cl)c(F)c2)c1. The number of hydrogen-bond donors (Lipinski definition) is 1. The van der Waals surface area contributed by atoms with Crippen molar-refractivity contribution >= 4 is 11.6 Å². The highest BCUT2D eigenvalue weighted by Gasteiger charge is 2.03. The molecule has 0 fully saturated rings. The second-order valence-electron chi connectivity index (χ2n) is 4.86. The quantitative estimate of drug-likeness (QED) is 0.757. The molecular weight excluding hydrogens is 289 g/mol. The first-order valence-corrected chi connectivity index (χ1v) is 7.43. The van der Waals surface area contributed by atoms with Crippen molar-refractivity contribution in [3.8, 4) is 5.75 Å². The summed E-state index contributed by atoms with van der Waals surface area (Å²) >= 11 is 5.64. The predicted octanol–water partition coefficient (Wildman–Crippen LogP) is 4.56. The molecule has 0 unspecified atom stereocenters. The highest BCUT2D eigenvalue weighted by molar-refractivity contribution is 6.30. The summed E-state index contributed by atoms with van der Waals surface area (Å²) in [5.74, 6) is 0.0121. The summed E-state index contributed by atoms with van der Waals surface area (Å²) in [6, 6.07) is 12.6. The molecule has 0 aliphatic heterocycles. The Morgan fingerprint density at radius 2 is 1.95 bits per heavy atom. The lowest BCUT2D eigenvalue weighted by molar-refractivity contribution is 0.304. The van der Waals surface area contributed by atoms with E-state index < -0.39 is 5.82 Å². The molecule has 0 saturated heterocycles. The van der Waals surface area contributed by atoms with Crippen LogP contribution < -0.4 is 10.1 Å². The van der Waals surface area contributed by atoms with Crippen molar-refractivity contribution in [1.29, 1.82) is 0 Å². The van der Waals surface area contributed by atoms with E-state index in [1.807, 2.05) is 12.1 Å². The molecule has 4 heteroatoms. The van der Waals surface area contributed by atoms with Crippen LogP contribution in [0.5, 0.6) is 5.75 Å². The topological polar surface area (TPSA) is 21.3 Å². The van der Waals surface area contributed by atoms with Gasteiger partial charge in [0.25, 0.3) is 0 Å². The van der Waals surface area contributed by atoms with E-state index in [0.29, 0.717) is 12.4 Å². The van der Waals surface area contributed by atoms with Crippen LogP contribution in [-0.2, 0) is 13.2 Å². The van der Waals surface area contributed by atoms with E-state index in [2.05, 4.69) is 24.4 Å². The maximum Gasteiger partial charge on any atom is 0.145 e. The zero-order valence-corrected chi connectivity index (χ0v) is 12.8. The van der Waals surface area contributed by atoms with Crippen molar-refractivity contribution in [2.45, 2.75) is 26.5 Å². The van der Waals surface area contributed by atoms with Crippen LogP contribution in [0, 0.1) is 5.82 Å². The summed E-state index contributed by atoms with van der Waals surface area (Å²) < 4.78 is 18.9. The molecule has 0 aliphatic carbocycles. The monoisotopic (exact) mass is 307 g/mol. The number of rotatable bonds is 7. The average molecular weight is 308 g/mol. The van der Waals surface area contributed by atoms with Gasteiger partial charge in [0.15, 0.2) is 0 Å². The summed E-state index contributed by atoms with van der Waals surface area (Å²) in [4.78, 5) is 0. The van der Waals surface area contributed by atoms with Crippen LogP contribution in [0.2, 0.25) is 5.02 Å². The fourth-order valence-electron chi connectivity index (χ4n) is 1.97. The minimum absolute atomic E-state index is 0.103. The van der Waals surface area contributed by atoms with Gasteiger partial charge in [-0.2, -0.15) is 0 Å². The zero-order valence-electron chi connectivity index (χ0n) is 12.0. The van der Waals surface area contributed by atoms with E-state index in [1.54, 1.807) is 6.07 Å². The third-order valence-electron chi connectivity index (χ3n) is 3.04. The van der Waals surface area contributed by atoms with Gasteiger partial charge < -0.3 is 10.1 Å². The van der Waals surface area contributed by atoms with E-state index in [-0.39, 0.29) is 5.02 Å². The van der Waals surface area contributed by atoms with E-state index in [1.165, 1.54) is 17.7 Å². The number of benzene rings is 2. The molecule has 0 spiro atoms. The Labute approximate surface area is 129 Å². The molecule has 1 N–H and O–H groups in total. The molecule has 2 aromatic rings. The van der Waals surface area contributed by atoms with Crippen LogP contribution in [0.4, 0.5) is 4.39 Å². The third kappa shape index (κ3) is 5.03. The first kappa shape index (κ1) is 15.8. The van der Waals surface area contributed by atoms with Gasteiger partial charge in [0.05, 0.1) is 5.02 Å². The van der Waals surface area contributed by atoms with E-state index in [9.17, 15) is 4.39 Å². The summed E-state index contributed by atoms with van der Waals surface area (Å²) in [5.41, 5.74) is 2.27. The fraction of sp³-hybridized carbons (Fsp3) is 0.294. The average Bonchev–Trinajstić information content (AvgIpc) is 2.49. The first-order valence-electron chi connectivity index (χ1n) is 7.05. The van der Waals surface area contributed by atoms with E-state index in [4.69, 9.17) is 16.3 Å². The molecule has 21 heavy (non-hydrogen) atoms. The van der Waals surface area contributed by atoms with Crippen molar-refractivity contribution in [1.82, 2.24) is 5.32 Å². The smallest absolute Gasteiger partial charge is 0.145 e. The second kappa shape index (κ2) is 8.01. The van der Waals surface area contributed by atoms with Crippen molar-refractivity contribution in [3.63, 3.8) is 0 Å². The van der Waals surface area contributed by atoms with Gasteiger partial charge in [-0.15, -0.1) is 0 Å². The third-order valence-corrected chi connectivity index (χ3v) is 3.35. The molecular formula is C17H19ClFNO. The Hall–Kier alpha value is -1.58. The fourth-order valence-corrected chi connectivity index (χ4v) is 2.09. The Morgan fingerprint density at radius 1 is 1.14 bits per heavy atom. The standard InChI is InChI=1S/C17H19ClFNO/c1-2-8-20-11-13-4-3-5-14(9-13)12-21-15-6-7-16(18)17(19)10-15/h3-7,9-10,20H,2,8,11-12H2,1H3. The Bertz CT molecular complexity index is 589. The zero-order chi connectivity index (χ0) is 15.1. The molecule has 0 radical (unpaired) electrons. The molecule has 2 nitrogen and oxygen atoms in total. The molecule has 112 valence electrons. The molecule has 0 aromatic heterocycles. The van der Waals surface area contributed by atoms with Crippen LogP contribution in [0.15, 0.2) is 42.5 Å². The number of hydrogen-bond acceptors (Lipinski definition) is 2. The van der Waals surface area contributed by atoms with Gasteiger partial charge >= 0.3 is 0 Å². The maximum absolute atomic E-state index is 13.3. The number of halogens is 2. The largest absolute Gasteiger partial charge is 0.489 e. The highest BCUT2D eigenvalue weighted by Crippen LogP contribution is 2.21. The van der Waals surface area contributed by atoms with Gasteiger partial charge in [0.2, 0.25) is 0 Å². The first-order chi connectivity index (χ1) is 10.2.